The molecule has 3 aromatic rings. The van der Waals surface area contributed by atoms with Crippen molar-refractivity contribution in [3.05, 3.63) is 92.7 Å². The lowest BCUT2D eigenvalue weighted by molar-refractivity contribution is 0.354. The van der Waals surface area contributed by atoms with Crippen molar-refractivity contribution in [2.75, 3.05) is 21.3 Å². The summed E-state index contributed by atoms with van der Waals surface area (Å²) in [5.41, 5.74) is 8.66. The third-order valence-corrected chi connectivity index (χ3v) is 5.93. The number of aromatic nitrogens is 1. The van der Waals surface area contributed by atoms with E-state index in [1.165, 1.54) is 7.11 Å². The van der Waals surface area contributed by atoms with E-state index in [1.807, 2.05) is 31.2 Å². The van der Waals surface area contributed by atoms with Gasteiger partial charge in [0.25, 0.3) is 5.56 Å². The van der Waals surface area contributed by atoms with Gasteiger partial charge in [-0.15, -0.1) is 0 Å². The molecule has 1 atom stereocenters. The van der Waals surface area contributed by atoms with Crippen LogP contribution in [0, 0.1) is 18.3 Å². The van der Waals surface area contributed by atoms with Crippen LogP contribution in [0.2, 0.25) is 0 Å². The molecule has 2 heterocycles. The van der Waals surface area contributed by atoms with Gasteiger partial charge < -0.3 is 29.2 Å². The van der Waals surface area contributed by atoms with E-state index in [4.69, 9.17) is 24.7 Å². The molecule has 2 N–H and O–H groups in total. The number of pyridine rings is 1. The van der Waals surface area contributed by atoms with Crippen molar-refractivity contribution in [1.29, 1.82) is 5.26 Å². The van der Waals surface area contributed by atoms with Crippen LogP contribution in [0.1, 0.15) is 28.3 Å². The summed E-state index contributed by atoms with van der Waals surface area (Å²) in [6.07, 6.45) is 0. The molecule has 1 aliphatic rings. The minimum Gasteiger partial charge on any atom is -0.497 e. The first-order valence-corrected chi connectivity index (χ1v) is 10.6. The summed E-state index contributed by atoms with van der Waals surface area (Å²) in [6, 6.07) is 16.7. The number of allylic oxidation sites excluding steroid dienone is 1. The number of ether oxygens (including phenoxy) is 4. The van der Waals surface area contributed by atoms with Crippen molar-refractivity contribution < 1.29 is 18.9 Å². The van der Waals surface area contributed by atoms with E-state index in [9.17, 15) is 10.1 Å². The second-order valence-corrected chi connectivity index (χ2v) is 7.84. The van der Waals surface area contributed by atoms with Crippen molar-refractivity contribution in [2.45, 2.75) is 19.4 Å². The number of benzene rings is 2. The first-order valence-electron chi connectivity index (χ1n) is 10.6. The van der Waals surface area contributed by atoms with Crippen LogP contribution in [0.15, 0.2) is 64.8 Å². The fourth-order valence-electron chi connectivity index (χ4n) is 4.16. The van der Waals surface area contributed by atoms with Crippen LogP contribution in [-0.2, 0) is 6.54 Å². The van der Waals surface area contributed by atoms with Gasteiger partial charge in [-0.3, -0.25) is 4.79 Å². The quantitative estimate of drug-likeness (QED) is 0.601. The van der Waals surface area contributed by atoms with E-state index in [0.29, 0.717) is 40.6 Å². The second-order valence-electron chi connectivity index (χ2n) is 7.84. The van der Waals surface area contributed by atoms with Gasteiger partial charge in [-0.2, -0.15) is 5.26 Å². The monoisotopic (exact) mass is 459 g/mol. The van der Waals surface area contributed by atoms with Crippen molar-refractivity contribution >= 4 is 0 Å². The summed E-state index contributed by atoms with van der Waals surface area (Å²) in [4.78, 5) is 13.8. The lowest BCUT2D eigenvalue weighted by atomic mass is 9.84. The number of nitrogens with two attached hydrogens (primary N) is 1. The lowest BCUT2D eigenvalue weighted by Crippen LogP contribution is -2.33. The SMILES string of the molecule is COc1ccc(Cn2c(C)cc3c(c2=O)[C@H](c2ccc(OC)c(OC)c2)C(C#N)=C(N)O3)cc1. The van der Waals surface area contributed by atoms with E-state index in [2.05, 4.69) is 6.07 Å². The zero-order chi connectivity index (χ0) is 24.4. The fourth-order valence-corrected chi connectivity index (χ4v) is 4.16. The maximum atomic E-state index is 13.8. The number of hydrogen-bond donors (Lipinski definition) is 1. The first-order chi connectivity index (χ1) is 16.4. The Morgan fingerprint density at radius 2 is 1.74 bits per heavy atom. The number of nitriles is 1. The van der Waals surface area contributed by atoms with Crippen LogP contribution in [0.3, 0.4) is 0 Å². The predicted molar refractivity (Wildman–Crippen MR) is 126 cm³/mol. The van der Waals surface area contributed by atoms with Gasteiger partial charge in [0.1, 0.15) is 23.1 Å². The minimum atomic E-state index is -0.719. The summed E-state index contributed by atoms with van der Waals surface area (Å²) in [5, 5.41) is 9.90. The summed E-state index contributed by atoms with van der Waals surface area (Å²) in [5.74, 6) is 1.35. The molecule has 0 saturated heterocycles. The Labute approximate surface area is 197 Å². The Morgan fingerprint density at radius 1 is 1.03 bits per heavy atom. The topological polar surface area (TPSA) is 109 Å². The average Bonchev–Trinajstić information content (AvgIpc) is 2.85. The summed E-state index contributed by atoms with van der Waals surface area (Å²) >= 11 is 0. The molecule has 1 aliphatic heterocycles. The van der Waals surface area contributed by atoms with Crippen LogP contribution in [0.25, 0.3) is 0 Å². The van der Waals surface area contributed by atoms with Gasteiger partial charge in [0.2, 0.25) is 5.88 Å². The maximum absolute atomic E-state index is 13.8. The predicted octanol–water partition coefficient (Wildman–Crippen LogP) is 3.45. The Hall–Kier alpha value is -4.38. The van der Waals surface area contributed by atoms with Gasteiger partial charge in [0.15, 0.2) is 11.5 Å². The molecule has 0 radical (unpaired) electrons. The van der Waals surface area contributed by atoms with Crippen molar-refractivity contribution in [2.24, 2.45) is 5.73 Å². The zero-order valence-electron chi connectivity index (χ0n) is 19.4. The molecule has 34 heavy (non-hydrogen) atoms. The molecule has 0 fully saturated rings. The van der Waals surface area contributed by atoms with E-state index in [-0.39, 0.29) is 17.0 Å². The number of hydrogen-bond acceptors (Lipinski definition) is 7. The van der Waals surface area contributed by atoms with Crippen LogP contribution >= 0.6 is 0 Å². The van der Waals surface area contributed by atoms with Crippen molar-refractivity contribution in [3.8, 4) is 29.1 Å². The highest BCUT2D eigenvalue weighted by Gasteiger charge is 2.34. The maximum Gasteiger partial charge on any atom is 0.259 e. The molecule has 0 unspecified atom stereocenters. The molecule has 0 amide bonds. The van der Waals surface area contributed by atoms with Gasteiger partial charge in [0.05, 0.1) is 39.4 Å². The van der Waals surface area contributed by atoms with E-state index in [1.54, 1.807) is 43.1 Å². The summed E-state index contributed by atoms with van der Waals surface area (Å²) in [7, 11) is 4.67. The molecule has 0 saturated carbocycles. The van der Waals surface area contributed by atoms with E-state index >= 15 is 0 Å². The standard InChI is InChI=1S/C26H25N3O5/c1-15-11-22-24(26(30)29(15)14-16-5-8-18(31-2)9-6-16)23(19(13-27)25(28)34-22)17-7-10-20(32-3)21(12-17)33-4/h5-12,23H,14,28H2,1-4H3/t23-/m1/s1. The third-order valence-electron chi connectivity index (χ3n) is 5.93. The Bertz CT molecular complexity index is 1370. The smallest absolute Gasteiger partial charge is 0.259 e. The van der Waals surface area contributed by atoms with Gasteiger partial charge in [0, 0.05) is 11.8 Å². The highest BCUT2D eigenvalue weighted by Crippen LogP contribution is 2.42. The van der Waals surface area contributed by atoms with Gasteiger partial charge >= 0.3 is 0 Å². The average molecular weight is 460 g/mol. The number of nitrogens with zero attached hydrogens (tertiary/aromatic N) is 2. The van der Waals surface area contributed by atoms with Crippen LogP contribution < -0.4 is 30.2 Å². The molecule has 0 aliphatic carbocycles. The Balaban J connectivity index is 1.89. The third kappa shape index (κ3) is 3.92. The highest BCUT2D eigenvalue weighted by molar-refractivity contribution is 5.57. The van der Waals surface area contributed by atoms with Crippen LogP contribution in [0.5, 0.6) is 23.0 Å². The molecule has 8 nitrogen and oxygen atoms in total. The van der Waals surface area contributed by atoms with Crippen LogP contribution in [0.4, 0.5) is 0 Å². The largest absolute Gasteiger partial charge is 0.497 e. The number of rotatable bonds is 6. The summed E-state index contributed by atoms with van der Waals surface area (Å²) < 4.78 is 23.4. The lowest BCUT2D eigenvalue weighted by Gasteiger charge is -2.27. The molecule has 2 aromatic carbocycles. The van der Waals surface area contributed by atoms with Gasteiger partial charge in [-0.25, -0.2) is 0 Å². The zero-order valence-corrected chi connectivity index (χ0v) is 19.4. The summed E-state index contributed by atoms with van der Waals surface area (Å²) in [6.45, 7) is 2.18. The van der Waals surface area contributed by atoms with Crippen molar-refractivity contribution in [1.82, 2.24) is 4.57 Å². The molecular formula is C26H25N3O5. The van der Waals surface area contributed by atoms with Crippen molar-refractivity contribution in [3.63, 3.8) is 0 Å². The number of fused-ring (bicyclic) bond motifs is 1. The normalized spacial score (nSPS) is 14.6. The Kier molecular flexibility index (Phi) is 6.19. The van der Waals surface area contributed by atoms with Gasteiger partial charge in [-0.1, -0.05) is 18.2 Å². The Morgan fingerprint density at radius 3 is 2.35 bits per heavy atom. The highest BCUT2D eigenvalue weighted by atomic mass is 16.5. The molecule has 174 valence electrons. The number of methoxy groups -OCH3 is 3. The number of aryl methyl sites for hydroxylation is 1. The molecule has 4 rings (SSSR count). The second kappa shape index (κ2) is 9.24. The molecular weight excluding hydrogens is 434 g/mol. The molecule has 1 aromatic heterocycles. The molecule has 0 spiro atoms. The molecule has 0 bridgehead atoms. The molecule has 8 heteroatoms. The first kappa shape index (κ1) is 22.8. The fraction of sp³-hybridized carbons (Fsp3) is 0.231. The van der Waals surface area contributed by atoms with E-state index in [0.717, 1.165) is 11.3 Å². The van der Waals surface area contributed by atoms with Crippen LogP contribution in [-0.4, -0.2) is 25.9 Å². The minimum absolute atomic E-state index is 0.0264. The van der Waals surface area contributed by atoms with E-state index < -0.39 is 5.92 Å². The van der Waals surface area contributed by atoms with Gasteiger partial charge in [-0.05, 0) is 42.3 Å².